The fraction of sp³-hybridized carbons (Fsp3) is 0.286. The van der Waals surface area contributed by atoms with Crippen molar-refractivity contribution in [1.82, 2.24) is 9.38 Å². The molecule has 0 radical (unpaired) electrons. The molecule has 146 valence electrons. The van der Waals surface area contributed by atoms with Gasteiger partial charge in [0, 0.05) is 18.8 Å². The van der Waals surface area contributed by atoms with Gasteiger partial charge in [-0.2, -0.15) is 0 Å². The molecule has 3 rings (SSSR count). The molecule has 0 N–H and O–H groups in total. The van der Waals surface area contributed by atoms with E-state index in [0.29, 0.717) is 23.5 Å². The molecule has 3 aromatic rings. The minimum absolute atomic E-state index is 0.220. The van der Waals surface area contributed by atoms with Gasteiger partial charge in [0.15, 0.2) is 11.4 Å². The molecular weight excluding hydrogens is 374 g/mol. The number of imidazole rings is 1. The first-order valence-corrected chi connectivity index (χ1v) is 10.6. The Labute approximate surface area is 165 Å². The lowest BCUT2D eigenvalue weighted by Gasteiger charge is -2.22. The van der Waals surface area contributed by atoms with E-state index >= 15 is 0 Å². The van der Waals surface area contributed by atoms with Crippen LogP contribution in [-0.2, 0) is 23.1 Å². The Hall–Kier alpha value is -2.98. The van der Waals surface area contributed by atoms with E-state index in [1.165, 1.54) is 10.6 Å². The maximum atomic E-state index is 12.0. The third-order valence-electron chi connectivity index (χ3n) is 4.78. The summed E-state index contributed by atoms with van der Waals surface area (Å²) in [5, 5.41) is 0. The van der Waals surface area contributed by atoms with Crippen LogP contribution in [0, 0.1) is 26.2 Å². The fourth-order valence-corrected chi connectivity index (χ4v) is 3.65. The first-order valence-electron chi connectivity index (χ1n) is 8.79. The highest BCUT2D eigenvalue weighted by atomic mass is 32.2. The van der Waals surface area contributed by atoms with E-state index in [1.54, 1.807) is 13.1 Å². The van der Waals surface area contributed by atoms with Gasteiger partial charge < -0.3 is 4.74 Å². The molecule has 0 aliphatic carbocycles. The number of aromatic nitrogens is 2. The van der Waals surface area contributed by atoms with Gasteiger partial charge in [-0.1, -0.05) is 12.1 Å². The smallest absolute Gasteiger partial charge is 0.232 e. The zero-order valence-corrected chi connectivity index (χ0v) is 17.2. The highest BCUT2D eigenvalue weighted by molar-refractivity contribution is 7.92. The van der Waals surface area contributed by atoms with E-state index < -0.39 is 10.0 Å². The molecule has 28 heavy (non-hydrogen) atoms. The van der Waals surface area contributed by atoms with Gasteiger partial charge in [-0.15, -0.1) is 12.3 Å². The van der Waals surface area contributed by atoms with Gasteiger partial charge in [-0.3, -0.25) is 8.71 Å². The Kier molecular flexibility index (Phi) is 5.34. The van der Waals surface area contributed by atoms with Crippen LogP contribution in [0.25, 0.3) is 5.65 Å². The molecule has 0 aliphatic rings. The summed E-state index contributed by atoms with van der Waals surface area (Å²) in [5.74, 6) is 3.27. The third-order valence-corrected chi connectivity index (χ3v) is 5.97. The lowest BCUT2D eigenvalue weighted by molar-refractivity contribution is 0.308. The van der Waals surface area contributed by atoms with Gasteiger partial charge in [-0.05, 0) is 37.6 Å². The van der Waals surface area contributed by atoms with Crippen molar-refractivity contribution in [3.8, 4) is 18.1 Å². The molecule has 2 aromatic heterocycles. The molecule has 0 saturated carbocycles. The quantitative estimate of drug-likeness (QED) is 0.600. The van der Waals surface area contributed by atoms with Crippen molar-refractivity contribution in [2.24, 2.45) is 0 Å². The van der Waals surface area contributed by atoms with Crippen LogP contribution in [0.2, 0.25) is 0 Å². The number of terminal acetylenes is 1. The topological polar surface area (TPSA) is 63.9 Å². The number of sulfonamides is 1. The van der Waals surface area contributed by atoms with E-state index in [-0.39, 0.29) is 6.61 Å². The third kappa shape index (κ3) is 3.69. The van der Waals surface area contributed by atoms with Gasteiger partial charge in [0.25, 0.3) is 0 Å². The first kappa shape index (κ1) is 19.8. The predicted molar refractivity (Wildman–Crippen MR) is 111 cm³/mol. The number of hydrogen-bond donors (Lipinski definition) is 0. The molecule has 0 aliphatic heterocycles. The van der Waals surface area contributed by atoms with Crippen molar-refractivity contribution >= 4 is 21.4 Å². The van der Waals surface area contributed by atoms with Gasteiger partial charge >= 0.3 is 0 Å². The molecular formula is C21H23N3O3S. The van der Waals surface area contributed by atoms with Crippen molar-refractivity contribution < 1.29 is 13.2 Å². The summed E-state index contributed by atoms with van der Waals surface area (Å²) in [5.41, 5.74) is 4.87. The van der Waals surface area contributed by atoms with Crippen LogP contribution in [-0.4, -0.2) is 31.1 Å². The van der Waals surface area contributed by atoms with Crippen LogP contribution in [0.1, 0.15) is 22.5 Å². The van der Waals surface area contributed by atoms with Crippen molar-refractivity contribution in [2.45, 2.75) is 26.9 Å². The van der Waals surface area contributed by atoms with Gasteiger partial charge in [0.05, 0.1) is 29.8 Å². The van der Waals surface area contributed by atoms with Crippen LogP contribution in [0.4, 0.5) is 5.69 Å². The fourth-order valence-electron chi connectivity index (χ4n) is 3.13. The highest BCUT2D eigenvalue weighted by Crippen LogP contribution is 2.28. The number of rotatable bonds is 6. The Morgan fingerprint density at radius 3 is 2.68 bits per heavy atom. The summed E-state index contributed by atoms with van der Waals surface area (Å²) in [4.78, 5) is 4.60. The Morgan fingerprint density at radius 1 is 1.25 bits per heavy atom. The van der Waals surface area contributed by atoms with Crippen LogP contribution >= 0.6 is 0 Å². The van der Waals surface area contributed by atoms with Crippen molar-refractivity contribution in [3.05, 3.63) is 59.0 Å². The molecule has 0 bridgehead atoms. The molecule has 7 heteroatoms. The Morgan fingerprint density at radius 2 is 2.00 bits per heavy atom. The summed E-state index contributed by atoms with van der Waals surface area (Å²) in [7, 11) is -1.84. The van der Waals surface area contributed by atoms with Crippen LogP contribution in [0.5, 0.6) is 5.75 Å². The normalized spacial score (nSPS) is 11.4. The average Bonchev–Trinajstić information content (AvgIpc) is 2.96. The molecule has 6 nitrogen and oxygen atoms in total. The van der Waals surface area contributed by atoms with Gasteiger partial charge in [0.2, 0.25) is 10.0 Å². The number of ether oxygens (including phenoxy) is 1. The second-order valence-corrected chi connectivity index (χ2v) is 8.70. The predicted octanol–water partition coefficient (Wildman–Crippen LogP) is 3.10. The first-order chi connectivity index (χ1) is 13.2. The number of anilines is 1. The molecule has 0 unspecified atom stereocenters. The number of fused-ring (bicyclic) bond motifs is 1. The number of nitrogens with zero attached hydrogens (tertiary/aromatic N) is 3. The molecule has 0 spiro atoms. The lowest BCUT2D eigenvalue weighted by atomic mass is 10.1. The van der Waals surface area contributed by atoms with E-state index in [9.17, 15) is 8.42 Å². The maximum absolute atomic E-state index is 12.0. The minimum Gasteiger partial charge on any atom is -0.485 e. The molecule has 0 amide bonds. The second kappa shape index (κ2) is 7.56. The molecule has 1 aromatic carbocycles. The molecule has 0 fully saturated rings. The van der Waals surface area contributed by atoms with Gasteiger partial charge in [-0.25, -0.2) is 13.4 Å². The SMILES string of the molecule is C#CCc1c(C)nc2c(OCc3c(C)cccc3N(C)S(C)(=O)=O)cccn12. The largest absolute Gasteiger partial charge is 0.485 e. The molecule has 0 atom stereocenters. The van der Waals surface area contributed by atoms with Crippen molar-refractivity contribution in [2.75, 3.05) is 17.6 Å². The monoisotopic (exact) mass is 397 g/mol. The number of hydrogen-bond acceptors (Lipinski definition) is 4. The standard InChI is InChI=1S/C21H23N3O3S/c1-6-9-18-16(3)22-21-20(12-8-13-24(18)21)27-14-17-15(2)10-7-11-19(17)23(4)28(5,25)26/h1,7-8,10-13H,9,14H2,2-5H3. The van der Waals surface area contributed by atoms with E-state index in [0.717, 1.165) is 22.5 Å². The van der Waals surface area contributed by atoms with Crippen molar-refractivity contribution in [3.63, 3.8) is 0 Å². The average molecular weight is 398 g/mol. The zero-order chi connectivity index (χ0) is 20.5. The Balaban J connectivity index is 1.98. The van der Waals surface area contributed by atoms with E-state index in [2.05, 4.69) is 10.9 Å². The summed E-state index contributed by atoms with van der Waals surface area (Å²) < 4.78 is 33.3. The number of benzene rings is 1. The van der Waals surface area contributed by atoms with E-state index in [4.69, 9.17) is 11.2 Å². The molecule has 0 saturated heterocycles. The zero-order valence-electron chi connectivity index (χ0n) is 16.4. The Bertz CT molecular complexity index is 1170. The van der Waals surface area contributed by atoms with Gasteiger partial charge in [0.1, 0.15) is 6.61 Å². The summed E-state index contributed by atoms with van der Waals surface area (Å²) in [6, 6.07) is 9.27. The van der Waals surface area contributed by atoms with E-state index in [1.807, 2.05) is 48.7 Å². The summed E-state index contributed by atoms with van der Waals surface area (Å²) in [6.07, 6.45) is 9.05. The summed E-state index contributed by atoms with van der Waals surface area (Å²) >= 11 is 0. The maximum Gasteiger partial charge on any atom is 0.232 e. The minimum atomic E-state index is -3.38. The van der Waals surface area contributed by atoms with Crippen LogP contribution in [0.15, 0.2) is 36.5 Å². The lowest BCUT2D eigenvalue weighted by Crippen LogP contribution is -2.26. The van der Waals surface area contributed by atoms with Crippen LogP contribution in [0.3, 0.4) is 0 Å². The molecule has 2 heterocycles. The summed E-state index contributed by atoms with van der Waals surface area (Å²) in [6.45, 7) is 4.07. The highest BCUT2D eigenvalue weighted by Gasteiger charge is 2.18. The second-order valence-electron chi connectivity index (χ2n) is 6.68. The van der Waals surface area contributed by atoms with Crippen molar-refractivity contribution in [1.29, 1.82) is 0 Å². The number of pyridine rings is 1. The number of aryl methyl sites for hydroxylation is 2. The van der Waals surface area contributed by atoms with Crippen LogP contribution < -0.4 is 9.04 Å².